The molecule has 0 aliphatic carbocycles. The molecule has 8 nitrogen and oxygen atoms in total. The third-order valence-electron chi connectivity index (χ3n) is 4.47. The maximum Gasteiger partial charge on any atom is 0.269 e. The van der Waals surface area contributed by atoms with Crippen LogP contribution in [0.15, 0.2) is 78.2 Å². The van der Waals surface area contributed by atoms with Gasteiger partial charge in [0, 0.05) is 41.5 Å². The Kier molecular flexibility index (Phi) is 6.23. The maximum atomic E-state index is 11.1. The third-order valence-corrected chi connectivity index (χ3v) is 5.47. The van der Waals surface area contributed by atoms with Crippen molar-refractivity contribution in [3.8, 4) is 22.8 Å². The lowest BCUT2D eigenvalue weighted by atomic mass is 10.2. The lowest BCUT2D eigenvalue weighted by molar-refractivity contribution is -0.384. The maximum absolute atomic E-state index is 11.1. The van der Waals surface area contributed by atoms with E-state index in [1.165, 1.54) is 17.8 Å². The van der Waals surface area contributed by atoms with Gasteiger partial charge in [-0.15, -0.1) is 10.2 Å². The van der Waals surface area contributed by atoms with E-state index in [0.29, 0.717) is 23.3 Å². The molecule has 2 heterocycles. The smallest absolute Gasteiger partial charge is 0.269 e. The molecule has 0 spiro atoms. The molecule has 0 aliphatic rings. The first-order chi connectivity index (χ1) is 15.2. The predicted molar refractivity (Wildman–Crippen MR) is 118 cm³/mol. The van der Waals surface area contributed by atoms with Crippen LogP contribution in [-0.4, -0.2) is 31.3 Å². The van der Waals surface area contributed by atoms with Crippen molar-refractivity contribution < 1.29 is 9.66 Å². The SMILES string of the molecule is CCOc1ccc(-n2c(SCc3cccc([N+](=O)[O-])c3)nnc2-c2ccncc2)cc1. The highest BCUT2D eigenvalue weighted by Crippen LogP contribution is 2.30. The van der Waals surface area contributed by atoms with Gasteiger partial charge in [0.05, 0.1) is 11.5 Å². The number of hydrogen-bond donors (Lipinski definition) is 0. The highest BCUT2D eigenvalue weighted by molar-refractivity contribution is 7.98. The van der Waals surface area contributed by atoms with Gasteiger partial charge in [-0.2, -0.15) is 0 Å². The van der Waals surface area contributed by atoms with Crippen molar-refractivity contribution in [2.75, 3.05) is 6.61 Å². The summed E-state index contributed by atoms with van der Waals surface area (Å²) < 4.78 is 7.52. The molecule has 31 heavy (non-hydrogen) atoms. The first-order valence-electron chi connectivity index (χ1n) is 9.61. The van der Waals surface area contributed by atoms with Gasteiger partial charge in [0.2, 0.25) is 0 Å². The topological polar surface area (TPSA) is 96.0 Å². The minimum absolute atomic E-state index is 0.0727. The quantitative estimate of drug-likeness (QED) is 0.221. The monoisotopic (exact) mass is 433 g/mol. The second kappa shape index (κ2) is 9.40. The van der Waals surface area contributed by atoms with E-state index in [0.717, 1.165) is 22.6 Å². The Morgan fingerprint density at radius 2 is 1.84 bits per heavy atom. The van der Waals surface area contributed by atoms with Gasteiger partial charge in [0.25, 0.3) is 5.69 Å². The van der Waals surface area contributed by atoms with Crippen molar-refractivity contribution in [2.24, 2.45) is 0 Å². The number of rotatable bonds is 8. The lowest BCUT2D eigenvalue weighted by Crippen LogP contribution is -2.00. The number of thioether (sulfide) groups is 1. The Morgan fingerprint density at radius 1 is 1.06 bits per heavy atom. The summed E-state index contributed by atoms with van der Waals surface area (Å²) in [5.74, 6) is 2.00. The number of hydrogen-bond acceptors (Lipinski definition) is 7. The largest absolute Gasteiger partial charge is 0.494 e. The summed E-state index contributed by atoms with van der Waals surface area (Å²) >= 11 is 1.47. The average Bonchev–Trinajstić information content (AvgIpc) is 3.23. The molecule has 0 bridgehead atoms. The Balaban J connectivity index is 1.68. The normalized spacial score (nSPS) is 10.7. The lowest BCUT2D eigenvalue weighted by Gasteiger charge is -2.11. The summed E-state index contributed by atoms with van der Waals surface area (Å²) in [5, 5.41) is 20.5. The first kappa shape index (κ1) is 20.5. The van der Waals surface area contributed by atoms with Crippen LogP contribution in [0.1, 0.15) is 12.5 Å². The summed E-state index contributed by atoms with van der Waals surface area (Å²) in [6.45, 7) is 2.54. The number of nitro groups is 1. The van der Waals surface area contributed by atoms with Crippen molar-refractivity contribution in [1.82, 2.24) is 19.7 Å². The van der Waals surface area contributed by atoms with E-state index in [4.69, 9.17) is 4.74 Å². The van der Waals surface area contributed by atoms with Crippen LogP contribution in [0.2, 0.25) is 0 Å². The average molecular weight is 433 g/mol. The van der Waals surface area contributed by atoms with Crippen LogP contribution >= 0.6 is 11.8 Å². The molecule has 0 fully saturated rings. The van der Waals surface area contributed by atoms with Crippen molar-refractivity contribution in [2.45, 2.75) is 17.8 Å². The van der Waals surface area contributed by atoms with Crippen LogP contribution < -0.4 is 4.74 Å². The van der Waals surface area contributed by atoms with Gasteiger partial charge in [-0.3, -0.25) is 19.7 Å². The molecule has 2 aromatic heterocycles. The fourth-order valence-electron chi connectivity index (χ4n) is 3.05. The van der Waals surface area contributed by atoms with E-state index in [9.17, 15) is 10.1 Å². The third kappa shape index (κ3) is 4.72. The van der Waals surface area contributed by atoms with E-state index in [1.54, 1.807) is 24.5 Å². The summed E-state index contributed by atoms with van der Waals surface area (Å²) in [4.78, 5) is 14.7. The summed E-state index contributed by atoms with van der Waals surface area (Å²) in [5.41, 5.74) is 2.69. The molecule has 0 N–H and O–H groups in total. The number of pyridine rings is 1. The molecule has 9 heteroatoms. The molecule has 0 saturated carbocycles. The number of non-ortho nitro benzene ring substituents is 1. The number of ether oxygens (including phenoxy) is 1. The Labute approximate surface area is 183 Å². The fourth-order valence-corrected chi connectivity index (χ4v) is 3.94. The number of nitro benzene ring substituents is 1. The minimum Gasteiger partial charge on any atom is -0.494 e. The molecule has 0 saturated heterocycles. The zero-order chi connectivity index (χ0) is 21.6. The molecular formula is C22H19N5O3S. The molecule has 0 atom stereocenters. The van der Waals surface area contributed by atoms with Crippen molar-refractivity contribution >= 4 is 17.4 Å². The van der Waals surface area contributed by atoms with Gasteiger partial charge < -0.3 is 4.74 Å². The van der Waals surface area contributed by atoms with Gasteiger partial charge in [0.15, 0.2) is 11.0 Å². The molecule has 0 radical (unpaired) electrons. The molecule has 156 valence electrons. The second-order valence-electron chi connectivity index (χ2n) is 6.52. The van der Waals surface area contributed by atoms with Crippen LogP contribution in [0.25, 0.3) is 17.1 Å². The van der Waals surface area contributed by atoms with Crippen LogP contribution in [0.5, 0.6) is 5.75 Å². The van der Waals surface area contributed by atoms with Gasteiger partial charge in [-0.05, 0) is 48.9 Å². The van der Waals surface area contributed by atoms with E-state index in [2.05, 4.69) is 15.2 Å². The van der Waals surface area contributed by atoms with Crippen molar-refractivity contribution in [3.63, 3.8) is 0 Å². The van der Waals surface area contributed by atoms with E-state index >= 15 is 0 Å². The van der Waals surface area contributed by atoms with Crippen LogP contribution in [-0.2, 0) is 5.75 Å². The Morgan fingerprint density at radius 3 is 2.55 bits per heavy atom. The zero-order valence-corrected chi connectivity index (χ0v) is 17.5. The highest BCUT2D eigenvalue weighted by Gasteiger charge is 2.17. The fraction of sp³-hybridized carbons (Fsp3) is 0.136. The Hall–Kier alpha value is -3.72. The van der Waals surface area contributed by atoms with Crippen LogP contribution in [0.3, 0.4) is 0 Å². The molecule has 4 aromatic rings. The Bertz CT molecular complexity index is 1180. The zero-order valence-electron chi connectivity index (χ0n) is 16.7. The van der Waals surface area contributed by atoms with Gasteiger partial charge in [-0.25, -0.2) is 0 Å². The minimum atomic E-state index is -0.391. The highest BCUT2D eigenvalue weighted by atomic mass is 32.2. The van der Waals surface area contributed by atoms with Gasteiger partial charge in [0.1, 0.15) is 5.75 Å². The van der Waals surface area contributed by atoms with Gasteiger partial charge >= 0.3 is 0 Å². The van der Waals surface area contributed by atoms with Crippen molar-refractivity contribution in [1.29, 1.82) is 0 Å². The van der Waals surface area contributed by atoms with Crippen LogP contribution in [0, 0.1) is 10.1 Å². The molecule has 2 aromatic carbocycles. The summed E-state index contributed by atoms with van der Waals surface area (Å²) in [6, 6.07) is 18.1. The van der Waals surface area contributed by atoms with Gasteiger partial charge in [-0.1, -0.05) is 23.9 Å². The van der Waals surface area contributed by atoms with E-state index in [1.807, 2.05) is 54.0 Å². The van der Waals surface area contributed by atoms with Crippen LogP contribution in [0.4, 0.5) is 5.69 Å². The first-order valence-corrected chi connectivity index (χ1v) is 10.6. The predicted octanol–water partition coefficient (Wildman–Crippen LogP) is 4.93. The molecule has 0 aliphatic heterocycles. The summed E-state index contributed by atoms with van der Waals surface area (Å²) in [7, 11) is 0. The molecule has 4 rings (SSSR count). The molecular weight excluding hydrogens is 414 g/mol. The van der Waals surface area contributed by atoms with E-state index in [-0.39, 0.29) is 5.69 Å². The van der Waals surface area contributed by atoms with Crippen molar-refractivity contribution in [3.05, 3.63) is 88.7 Å². The number of aromatic nitrogens is 4. The molecule has 0 unspecified atom stereocenters. The standard InChI is InChI=1S/C22H19N5O3S/c1-2-30-20-8-6-18(7-9-20)26-21(17-10-12-23-13-11-17)24-25-22(26)31-15-16-4-3-5-19(14-16)27(28)29/h3-14H,2,15H2,1H3. The number of benzene rings is 2. The number of nitrogens with zero attached hydrogens (tertiary/aromatic N) is 5. The summed E-state index contributed by atoms with van der Waals surface area (Å²) in [6.07, 6.45) is 3.42. The molecule has 0 amide bonds. The van der Waals surface area contributed by atoms with E-state index < -0.39 is 4.92 Å². The second-order valence-corrected chi connectivity index (χ2v) is 7.46.